The van der Waals surface area contributed by atoms with Gasteiger partial charge in [-0.3, -0.25) is 10.00 Å². The van der Waals surface area contributed by atoms with Crippen molar-refractivity contribution in [1.82, 2.24) is 15.1 Å². The molecule has 0 aliphatic carbocycles. The molecule has 2 rings (SSSR count). The molecule has 1 saturated heterocycles. The Kier molecular flexibility index (Phi) is 4.11. The third kappa shape index (κ3) is 3.28. The van der Waals surface area contributed by atoms with E-state index in [9.17, 15) is 4.79 Å². The first-order chi connectivity index (χ1) is 8.29. The molecule has 0 unspecified atom stereocenters. The van der Waals surface area contributed by atoms with Crippen LogP contribution in [0.25, 0.3) is 0 Å². The molecule has 17 heavy (non-hydrogen) atoms. The molecular weight excluding hydrogens is 222 g/mol. The molecular formula is C11H17N3O3. The summed E-state index contributed by atoms with van der Waals surface area (Å²) in [4.78, 5) is 13.7. The van der Waals surface area contributed by atoms with Gasteiger partial charge < -0.3 is 9.47 Å². The van der Waals surface area contributed by atoms with Crippen molar-refractivity contribution in [2.24, 2.45) is 0 Å². The van der Waals surface area contributed by atoms with E-state index in [1.54, 1.807) is 13.0 Å². The molecule has 0 radical (unpaired) electrons. The molecule has 1 aliphatic heterocycles. The Labute approximate surface area is 99.9 Å². The Hall–Kier alpha value is -1.40. The molecule has 0 aromatic carbocycles. The van der Waals surface area contributed by atoms with E-state index in [0.717, 1.165) is 38.5 Å². The summed E-state index contributed by atoms with van der Waals surface area (Å²) < 4.78 is 10.1. The number of carbonyl (C=O) groups excluding carboxylic acids is 1. The van der Waals surface area contributed by atoms with Gasteiger partial charge in [-0.05, 0) is 13.0 Å². The highest BCUT2D eigenvalue weighted by Gasteiger charge is 2.15. The number of hydrogen-bond donors (Lipinski definition) is 1. The quantitative estimate of drug-likeness (QED) is 0.771. The van der Waals surface area contributed by atoms with E-state index < -0.39 is 0 Å². The van der Waals surface area contributed by atoms with Crippen molar-refractivity contribution in [3.63, 3.8) is 0 Å². The summed E-state index contributed by atoms with van der Waals surface area (Å²) in [6, 6.07) is 1.74. The molecule has 1 N–H and O–H groups in total. The van der Waals surface area contributed by atoms with E-state index in [-0.39, 0.29) is 5.97 Å². The van der Waals surface area contributed by atoms with E-state index in [1.807, 2.05) is 0 Å². The molecule has 0 amide bonds. The predicted molar refractivity (Wildman–Crippen MR) is 60.6 cm³/mol. The molecule has 6 heteroatoms. The molecule has 1 aliphatic rings. The number of morpholine rings is 1. The van der Waals surface area contributed by atoms with Gasteiger partial charge in [0.2, 0.25) is 0 Å². The van der Waals surface area contributed by atoms with Crippen molar-refractivity contribution in [3.05, 3.63) is 17.5 Å². The lowest BCUT2D eigenvalue weighted by molar-refractivity contribution is 0.0336. The number of aromatic amines is 1. The van der Waals surface area contributed by atoms with Crippen LogP contribution < -0.4 is 0 Å². The Morgan fingerprint density at radius 2 is 2.35 bits per heavy atom. The maximum absolute atomic E-state index is 11.4. The lowest BCUT2D eigenvalue weighted by Crippen LogP contribution is -2.35. The monoisotopic (exact) mass is 239 g/mol. The fourth-order valence-electron chi connectivity index (χ4n) is 1.75. The van der Waals surface area contributed by atoms with Gasteiger partial charge in [0.1, 0.15) is 0 Å². The average Bonchev–Trinajstić information content (AvgIpc) is 2.79. The predicted octanol–water partition coefficient (Wildman–Crippen LogP) is 0.419. The van der Waals surface area contributed by atoms with Crippen molar-refractivity contribution in [1.29, 1.82) is 0 Å². The largest absolute Gasteiger partial charge is 0.461 e. The number of aromatic nitrogens is 2. The number of nitrogens with one attached hydrogen (secondary N) is 1. The summed E-state index contributed by atoms with van der Waals surface area (Å²) in [6.45, 7) is 6.25. The summed E-state index contributed by atoms with van der Waals surface area (Å²) in [5.41, 5.74) is 1.27. The van der Waals surface area contributed by atoms with E-state index in [2.05, 4.69) is 15.1 Å². The molecule has 1 aromatic rings. The highest BCUT2D eigenvalue weighted by atomic mass is 16.5. The molecule has 1 fully saturated rings. The second-order valence-electron chi connectivity index (χ2n) is 3.89. The normalized spacial score (nSPS) is 17.0. The van der Waals surface area contributed by atoms with Crippen LogP contribution in [0.15, 0.2) is 6.07 Å². The fourth-order valence-corrected chi connectivity index (χ4v) is 1.75. The first kappa shape index (κ1) is 12.1. The highest BCUT2D eigenvalue weighted by Crippen LogP contribution is 2.07. The fraction of sp³-hybridized carbons (Fsp3) is 0.636. The van der Waals surface area contributed by atoms with Crippen molar-refractivity contribution in [2.75, 3.05) is 32.9 Å². The molecule has 6 nitrogen and oxygen atoms in total. The SMILES string of the molecule is CCOC(=O)c1cc(CN2CCOCC2)[nH]n1. The van der Waals surface area contributed by atoms with Gasteiger partial charge in [-0.1, -0.05) is 0 Å². The van der Waals surface area contributed by atoms with Crippen molar-refractivity contribution in [3.8, 4) is 0 Å². The zero-order valence-corrected chi connectivity index (χ0v) is 9.94. The van der Waals surface area contributed by atoms with Gasteiger partial charge in [0.15, 0.2) is 5.69 Å². The van der Waals surface area contributed by atoms with Crippen LogP contribution in [0.2, 0.25) is 0 Å². The standard InChI is InChI=1S/C11H17N3O3/c1-2-17-11(15)10-7-9(12-13-10)8-14-3-5-16-6-4-14/h7H,2-6,8H2,1H3,(H,12,13). The minimum atomic E-state index is -0.378. The van der Waals surface area contributed by atoms with Crippen LogP contribution in [-0.2, 0) is 16.0 Å². The summed E-state index contributed by atoms with van der Waals surface area (Å²) in [6.07, 6.45) is 0. The van der Waals surface area contributed by atoms with Crippen LogP contribution >= 0.6 is 0 Å². The number of rotatable bonds is 4. The number of H-pyrrole nitrogens is 1. The lowest BCUT2D eigenvalue weighted by atomic mass is 10.3. The van der Waals surface area contributed by atoms with Gasteiger partial charge in [0.05, 0.1) is 25.5 Å². The van der Waals surface area contributed by atoms with Gasteiger partial charge in [0, 0.05) is 19.6 Å². The van der Waals surface area contributed by atoms with Crippen LogP contribution in [0.1, 0.15) is 23.1 Å². The molecule has 94 valence electrons. The molecule has 2 heterocycles. The number of carbonyl (C=O) groups is 1. The number of ether oxygens (including phenoxy) is 2. The summed E-state index contributed by atoms with van der Waals surface area (Å²) in [5, 5.41) is 6.80. The van der Waals surface area contributed by atoms with E-state index in [1.165, 1.54) is 0 Å². The van der Waals surface area contributed by atoms with E-state index in [0.29, 0.717) is 12.3 Å². The van der Waals surface area contributed by atoms with E-state index >= 15 is 0 Å². The van der Waals surface area contributed by atoms with Crippen LogP contribution in [0.5, 0.6) is 0 Å². The number of nitrogens with zero attached hydrogens (tertiary/aromatic N) is 2. The van der Waals surface area contributed by atoms with Gasteiger partial charge in [-0.25, -0.2) is 4.79 Å². The van der Waals surface area contributed by atoms with Gasteiger partial charge >= 0.3 is 5.97 Å². The second kappa shape index (κ2) is 5.79. The average molecular weight is 239 g/mol. The van der Waals surface area contributed by atoms with Gasteiger partial charge in [0.25, 0.3) is 0 Å². The highest BCUT2D eigenvalue weighted by molar-refractivity contribution is 5.87. The van der Waals surface area contributed by atoms with Gasteiger partial charge in [-0.2, -0.15) is 5.10 Å². The Morgan fingerprint density at radius 3 is 3.06 bits per heavy atom. The van der Waals surface area contributed by atoms with Crippen molar-refractivity contribution >= 4 is 5.97 Å². The lowest BCUT2D eigenvalue weighted by Gasteiger charge is -2.25. The first-order valence-corrected chi connectivity index (χ1v) is 5.81. The summed E-state index contributed by atoms with van der Waals surface area (Å²) >= 11 is 0. The Balaban J connectivity index is 1.91. The van der Waals surface area contributed by atoms with Crippen molar-refractivity contribution < 1.29 is 14.3 Å². The van der Waals surface area contributed by atoms with Gasteiger partial charge in [-0.15, -0.1) is 0 Å². The second-order valence-corrected chi connectivity index (χ2v) is 3.89. The number of esters is 1. The Morgan fingerprint density at radius 1 is 1.59 bits per heavy atom. The zero-order chi connectivity index (χ0) is 12.1. The van der Waals surface area contributed by atoms with Crippen LogP contribution in [0.3, 0.4) is 0 Å². The molecule has 0 saturated carbocycles. The topological polar surface area (TPSA) is 67.4 Å². The maximum atomic E-state index is 11.4. The summed E-state index contributed by atoms with van der Waals surface area (Å²) in [5.74, 6) is -0.378. The van der Waals surface area contributed by atoms with Crippen LogP contribution in [0, 0.1) is 0 Å². The Bertz CT molecular complexity index is 372. The van der Waals surface area contributed by atoms with E-state index in [4.69, 9.17) is 9.47 Å². The molecule has 1 aromatic heterocycles. The molecule has 0 spiro atoms. The smallest absolute Gasteiger partial charge is 0.358 e. The van der Waals surface area contributed by atoms with Crippen molar-refractivity contribution in [2.45, 2.75) is 13.5 Å². The molecule has 0 bridgehead atoms. The third-order valence-corrected chi connectivity index (χ3v) is 2.61. The zero-order valence-electron chi connectivity index (χ0n) is 9.94. The third-order valence-electron chi connectivity index (χ3n) is 2.61. The van der Waals surface area contributed by atoms with Crippen LogP contribution in [-0.4, -0.2) is 54.0 Å². The maximum Gasteiger partial charge on any atom is 0.358 e. The van der Waals surface area contributed by atoms with Crippen LogP contribution in [0.4, 0.5) is 0 Å². The molecule has 0 atom stereocenters. The summed E-state index contributed by atoms with van der Waals surface area (Å²) in [7, 11) is 0. The number of hydrogen-bond acceptors (Lipinski definition) is 5. The minimum Gasteiger partial charge on any atom is -0.461 e. The minimum absolute atomic E-state index is 0.343. The first-order valence-electron chi connectivity index (χ1n) is 5.81.